The molecule has 0 aliphatic rings. The van der Waals surface area contributed by atoms with Crippen LogP contribution in [0.15, 0.2) is 39.8 Å². The van der Waals surface area contributed by atoms with Gasteiger partial charge in [-0.05, 0) is 24.6 Å². The third-order valence-corrected chi connectivity index (χ3v) is 4.56. The molecule has 0 aliphatic carbocycles. The minimum absolute atomic E-state index is 0. The molecule has 0 saturated carbocycles. The van der Waals surface area contributed by atoms with E-state index in [0.717, 1.165) is 5.56 Å². The van der Waals surface area contributed by atoms with Gasteiger partial charge >= 0.3 is 11.1 Å². The highest BCUT2D eigenvalue weighted by atomic mass is 35.5. The molecule has 0 bridgehead atoms. The van der Waals surface area contributed by atoms with Crippen molar-refractivity contribution in [3.63, 3.8) is 0 Å². The van der Waals surface area contributed by atoms with Crippen molar-refractivity contribution < 1.29 is 40.3 Å². The van der Waals surface area contributed by atoms with E-state index in [0.29, 0.717) is 18.7 Å². The lowest BCUT2D eigenvalue weighted by Crippen LogP contribution is -3.00. The van der Waals surface area contributed by atoms with Crippen LogP contribution in [0.5, 0.6) is 0 Å². The summed E-state index contributed by atoms with van der Waals surface area (Å²) in [5.41, 5.74) is 5.91. The molecule has 1 aromatic carbocycles. The fraction of sp³-hybridized carbons (Fsp3) is 0.214. The van der Waals surface area contributed by atoms with E-state index in [4.69, 9.17) is 10.3 Å². The lowest BCUT2D eigenvalue weighted by atomic mass is 10.1. The fourth-order valence-corrected chi connectivity index (χ4v) is 2.64. The van der Waals surface area contributed by atoms with Crippen molar-refractivity contribution in [1.82, 2.24) is 5.16 Å². The van der Waals surface area contributed by atoms with E-state index in [2.05, 4.69) is 5.16 Å². The number of hydrogen-bond donors (Lipinski definition) is 2. The molecule has 2 amide bonds. The Morgan fingerprint density at radius 3 is 2.38 bits per heavy atom. The molecule has 0 aliphatic heterocycles. The van der Waals surface area contributed by atoms with Gasteiger partial charge in [-0.25, -0.2) is 13.2 Å². The minimum Gasteiger partial charge on any atom is -1.00 e. The Balaban J connectivity index is 0.00000288. The Labute approximate surface area is 144 Å². The average molecular weight is 374 g/mol. The molecular weight excluding hydrogens is 358 g/mol. The van der Waals surface area contributed by atoms with Crippen LogP contribution in [0.1, 0.15) is 21.8 Å². The molecule has 0 unspecified atom stereocenters. The largest absolute Gasteiger partial charge is 1.00 e. The van der Waals surface area contributed by atoms with Crippen molar-refractivity contribution in [1.29, 1.82) is 0 Å². The van der Waals surface area contributed by atoms with Crippen LogP contribution in [0, 0.1) is 6.92 Å². The van der Waals surface area contributed by atoms with Gasteiger partial charge in [-0.2, -0.15) is 0 Å². The summed E-state index contributed by atoms with van der Waals surface area (Å²) in [7, 11) is -4.10. The third-order valence-electron chi connectivity index (χ3n) is 3.14. The van der Waals surface area contributed by atoms with Gasteiger partial charge in [0.05, 0.1) is 11.4 Å². The second-order valence-corrected chi connectivity index (χ2v) is 6.78. The Bertz CT molecular complexity index is 830. The van der Waals surface area contributed by atoms with E-state index in [1.54, 1.807) is 25.1 Å². The summed E-state index contributed by atoms with van der Waals surface area (Å²) in [4.78, 5) is 22.5. The van der Waals surface area contributed by atoms with Crippen molar-refractivity contribution in [2.24, 2.45) is 5.73 Å². The maximum absolute atomic E-state index is 11.8. The molecule has 0 saturated heterocycles. The zero-order valence-corrected chi connectivity index (χ0v) is 14.3. The molecule has 2 rings (SSSR count). The molecule has 24 heavy (non-hydrogen) atoms. The SMILES string of the molecule is Cc1cc(C(=O)[NH2+]CCc2ccc(S(=O)(=O)C(N)=O)cc2)no1.[Cl-]. The van der Waals surface area contributed by atoms with Crippen molar-refractivity contribution >= 4 is 21.0 Å². The molecular formula is C14H16ClN3O5S. The van der Waals surface area contributed by atoms with Crippen LogP contribution in [-0.2, 0) is 16.3 Å². The Morgan fingerprint density at radius 2 is 1.88 bits per heavy atom. The van der Waals surface area contributed by atoms with Crippen LogP contribution >= 0.6 is 0 Å². The molecule has 2 aromatic rings. The number of aryl methyl sites for hydroxylation is 1. The van der Waals surface area contributed by atoms with E-state index >= 15 is 0 Å². The number of carbonyl (C=O) groups is 2. The zero-order valence-electron chi connectivity index (χ0n) is 12.7. The standard InChI is InChI=1S/C14H15N3O5S.ClH/c1-9-8-12(17-22-9)13(18)16-7-6-10-2-4-11(5-3-10)23(20,21)14(15)19;/h2-5,8H,6-7H2,1H3,(H2,15,19)(H,16,18);1H. The van der Waals surface area contributed by atoms with Gasteiger partial charge in [0, 0.05) is 12.5 Å². The zero-order chi connectivity index (χ0) is 17.0. The Morgan fingerprint density at radius 1 is 1.25 bits per heavy atom. The van der Waals surface area contributed by atoms with Crippen molar-refractivity contribution in [2.45, 2.75) is 18.2 Å². The highest BCUT2D eigenvalue weighted by Gasteiger charge is 2.21. The second-order valence-electron chi connectivity index (χ2n) is 4.90. The number of sulfone groups is 1. The summed E-state index contributed by atoms with van der Waals surface area (Å²) in [5.74, 6) is 0.336. The van der Waals surface area contributed by atoms with E-state index < -0.39 is 15.1 Å². The van der Waals surface area contributed by atoms with Crippen LogP contribution < -0.4 is 23.5 Å². The first-order valence-electron chi connectivity index (χ1n) is 6.75. The van der Waals surface area contributed by atoms with Gasteiger partial charge in [-0.3, -0.25) is 10.1 Å². The van der Waals surface area contributed by atoms with Crippen molar-refractivity contribution in [2.75, 3.05) is 6.54 Å². The van der Waals surface area contributed by atoms with Crippen LogP contribution in [-0.4, -0.2) is 31.3 Å². The van der Waals surface area contributed by atoms with E-state index in [-0.39, 0.29) is 28.9 Å². The molecule has 10 heteroatoms. The maximum Gasteiger partial charge on any atom is 0.364 e. The Kier molecular flexibility index (Phi) is 6.64. The summed E-state index contributed by atoms with van der Waals surface area (Å²) in [6.07, 6.45) is 0.541. The van der Waals surface area contributed by atoms with Gasteiger partial charge in [0.15, 0.2) is 0 Å². The van der Waals surface area contributed by atoms with Gasteiger partial charge in [0.25, 0.3) is 9.84 Å². The molecule has 130 valence electrons. The van der Waals surface area contributed by atoms with Crippen LogP contribution in [0.25, 0.3) is 0 Å². The molecule has 0 atom stereocenters. The van der Waals surface area contributed by atoms with E-state index in [1.165, 1.54) is 17.4 Å². The first-order valence-corrected chi connectivity index (χ1v) is 8.23. The maximum atomic E-state index is 11.8. The summed E-state index contributed by atoms with van der Waals surface area (Å²) in [6.45, 7) is 2.16. The second kappa shape index (κ2) is 8.04. The number of primary amides is 2. The molecule has 0 radical (unpaired) electrons. The monoisotopic (exact) mass is 373 g/mol. The number of carbonyl (C=O) groups excluding carboxylic acids is 2. The number of rotatable bonds is 5. The summed E-state index contributed by atoms with van der Waals surface area (Å²) >= 11 is 0. The summed E-state index contributed by atoms with van der Waals surface area (Å²) < 4.78 is 28.0. The van der Waals surface area contributed by atoms with Crippen molar-refractivity contribution in [3.05, 3.63) is 47.3 Å². The van der Waals surface area contributed by atoms with E-state index in [9.17, 15) is 18.0 Å². The topological polar surface area (TPSA) is 137 Å². The molecule has 1 aromatic heterocycles. The normalized spacial score (nSPS) is 10.9. The summed E-state index contributed by atoms with van der Waals surface area (Å²) in [5, 5.41) is 3.74. The molecule has 1 heterocycles. The van der Waals surface area contributed by atoms with Gasteiger partial charge in [-0.1, -0.05) is 17.3 Å². The lowest BCUT2D eigenvalue weighted by molar-refractivity contribution is -0.554. The molecule has 0 fully saturated rings. The third kappa shape index (κ3) is 4.63. The fourth-order valence-electron chi connectivity index (χ4n) is 1.91. The minimum atomic E-state index is -4.10. The number of aromatic nitrogens is 1. The van der Waals surface area contributed by atoms with Gasteiger partial charge < -0.3 is 22.7 Å². The number of hydrogen-bond acceptors (Lipinski definition) is 6. The molecule has 4 N–H and O–H groups in total. The quantitative estimate of drug-likeness (QED) is 0.566. The van der Waals surface area contributed by atoms with Gasteiger partial charge in [-0.15, -0.1) is 0 Å². The number of nitrogens with two attached hydrogens (primary N) is 2. The predicted molar refractivity (Wildman–Crippen MR) is 79.3 cm³/mol. The predicted octanol–water partition coefficient (Wildman–Crippen LogP) is -3.21. The molecule has 8 nitrogen and oxygen atoms in total. The van der Waals surface area contributed by atoms with Crippen LogP contribution in [0.3, 0.4) is 0 Å². The number of quaternary nitrogens is 1. The van der Waals surface area contributed by atoms with Gasteiger partial charge in [0.2, 0.25) is 5.69 Å². The van der Waals surface area contributed by atoms with Gasteiger partial charge in [0.1, 0.15) is 5.76 Å². The van der Waals surface area contributed by atoms with Crippen LogP contribution in [0.2, 0.25) is 0 Å². The number of halogens is 1. The average Bonchev–Trinajstić information content (AvgIpc) is 2.94. The smallest absolute Gasteiger partial charge is 0.364 e. The number of benzene rings is 1. The van der Waals surface area contributed by atoms with Crippen molar-refractivity contribution in [3.8, 4) is 0 Å². The van der Waals surface area contributed by atoms with E-state index in [1.807, 2.05) is 0 Å². The highest BCUT2D eigenvalue weighted by Crippen LogP contribution is 2.12. The highest BCUT2D eigenvalue weighted by molar-refractivity contribution is 8.06. The van der Waals surface area contributed by atoms with Crippen LogP contribution in [0.4, 0.5) is 4.79 Å². The first-order chi connectivity index (χ1) is 10.8. The lowest BCUT2D eigenvalue weighted by Gasteiger charge is -2.02. The number of amides is 2. The molecule has 0 spiro atoms. The Hall–Kier alpha value is -2.23. The first kappa shape index (κ1) is 19.8. The summed E-state index contributed by atoms with van der Waals surface area (Å²) in [6, 6.07) is 7.35. The number of nitrogens with zero attached hydrogens (tertiary/aromatic N) is 1.